The Morgan fingerprint density at radius 2 is 1.69 bits per heavy atom. The van der Waals surface area contributed by atoms with Crippen LogP contribution in [0.15, 0.2) is 84.9 Å². The first-order valence-corrected chi connectivity index (χ1v) is 12.5. The highest BCUT2D eigenvalue weighted by Gasteiger charge is 2.23. The van der Waals surface area contributed by atoms with Gasteiger partial charge in [-0.1, -0.05) is 48.5 Å². The van der Waals surface area contributed by atoms with Crippen LogP contribution in [0.5, 0.6) is 5.75 Å². The Kier molecular flexibility index (Phi) is 7.27. The van der Waals surface area contributed by atoms with Gasteiger partial charge >= 0.3 is 5.97 Å². The molecule has 1 unspecified atom stereocenters. The zero-order valence-corrected chi connectivity index (χ0v) is 21.2. The van der Waals surface area contributed by atoms with E-state index in [4.69, 9.17) is 4.74 Å². The number of aromatic carboxylic acids is 1. The molecule has 0 bridgehead atoms. The Morgan fingerprint density at radius 1 is 0.974 bits per heavy atom. The molecule has 1 aliphatic heterocycles. The van der Waals surface area contributed by atoms with Crippen molar-refractivity contribution in [1.29, 1.82) is 0 Å². The molecule has 4 aromatic carbocycles. The molecule has 0 saturated carbocycles. The van der Waals surface area contributed by atoms with Crippen molar-refractivity contribution in [2.45, 2.75) is 19.5 Å². The van der Waals surface area contributed by atoms with Gasteiger partial charge in [0.15, 0.2) is 0 Å². The minimum atomic E-state index is -0.971. The molecule has 198 valence electrons. The third kappa shape index (κ3) is 5.45. The summed E-state index contributed by atoms with van der Waals surface area (Å²) in [4.78, 5) is 26.6. The number of hydrogen-bond acceptors (Lipinski definition) is 4. The fraction of sp³-hybridized carbons (Fsp3) is 0.161. The van der Waals surface area contributed by atoms with E-state index >= 15 is 0 Å². The number of carbonyl (C=O) groups excluding carboxylic acids is 1. The summed E-state index contributed by atoms with van der Waals surface area (Å²) in [6.07, 6.45) is 0. The smallest absolute Gasteiger partial charge is 0.336 e. The van der Waals surface area contributed by atoms with E-state index in [-0.39, 0.29) is 11.1 Å². The highest BCUT2D eigenvalue weighted by molar-refractivity contribution is 5.96. The molecule has 0 saturated heterocycles. The van der Waals surface area contributed by atoms with Crippen molar-refractivity contribution in [2.24, 2.45) is 0 Å². The van der Waals surface area contributed by atoms with E-state index in [0.29, 0.717) is 36.6 Å². The SMILES string of the molecule is CC(NC(=O)c1ccc2c(c1)OCCN2Cc1ccc(-c2ccccc2C(=O)O)cc1)c1c(F)cccc1F. The summed E-state index contributed by atoms with van der Waals surface area (Å²) in [7, 11) is 0. The van der Waals surface area contributed by atoms with Crippen molar-refractivity contribution in [3.05, 3.63) is 119 Å². The van der Waals surface area contributed by atoms with Gasteiger partial charge in [-0.2, -0.15) is 0 Å². The Bertz CT molecular complexity index is 1520. The quantitative estimate of drug-likeness (QED) is 0.298. The molecular weight excluding hydrogens is 502 g/mol. The number of nitrogens with one attached hydrogen (secondary N) is 1. The van der Waals surface area contributed by atoms with Gasteiger partial charge in [0.2, 0.25) is 0 Å². The second-order valence-electron chi connectivity index (χ2n) is 9.33. The number of nitrogens with zero attached hydrogens (tertiary/aromatic N) is 1. The number of benzene rings is 4. The molecule has 6 nitrogen and oxygen atoms in total. The molecule has 1 aliphatic rings. The lowest BCUT2D eigenvalue weighted by Gasteiger charge is -2.31. The molecule has 0 aromatic heterocycles. The molecule has 39 heavy (non-hydrogen) atoms. The third-order valence-corrected chi connectivity index (χ3v) is 6.76. The van der Waals surface area contributed by atoms with E-state index in [1.54, 1.807) is 36.4 Å². The normalized spacial score (nSPS) is 13.3. The van der Waals surface area contributed by atoms with Crippen molar-refractivity contribution in [3.63, 3.8) is 0 Å². The number of anilines is 1. The lowest BCUT2D eigenvalue weighted by molar-refractivity contribution is 0.0697. The number of amides is 1. The maximum Gasteiger partial charge on any atom is 0.336 e. The minimum Gasteiger partial charge on any atom is -0.490 e. The molecule has 1 amide bonds. The van der Waals surface area contributed by atoms with Gasteiger partial charge in [0, 0.05) is 17.7 Å². The lowest BCUT2D eigenvalue weighted by Crippen LogP contribution is -2.33. The van der Waals surface area contributed by atoms with Crippen LogP contribution in [-0.4, -0.2) is 30.1 Å². The van der Waals surface area contributed by atoms with Gasteiger partial charge in [-0.15, -0.1) is 0 Å². The van der Waals surface area contributed by atoms with Crippen LogP contribution in [0, 0.1) is 11.6 Å². The molecule has 0 fully saturated rings. The summed E-state index contributed by atoms with van der Waals surface area (Å²) >= 11 is 0. The summed E-state index contributed by atoms with van der Waals surface area (Å²) < 4.78 is 34.1. The fourth-order valence-electron chi connectivity index (χ4n) is 4.79. The second kappa shape index (κ2) is 10.9. The highest BCUT2D eigenvalue weighted by Crippen LogP contribution is 2.34. The fourth-order valence-corrected chi connectivity index (χ4v) is 4.79. The van der Waals surface area contributed by atoms with Gasteiger partial charge in [-0.3, -0.25) is 4.79 Å². The minimum absolute atomic E-state index is 0.191. The highest BCUT2D eigenvalue weighted by atomic mass is 19.1. The molecule has 0 radical (unpaired) electrons. The molecule has 2 N–H and O–H groups in total. The zero-order chi connectivity index (χ0) is 27.5. The van der Waals surface area contributed by atoms with E-state index in [9.17, 15) is 23.5 Å². The third-order valence-electron chi connectivity index (χ3n) is 6.76. The average molecular weight is 529 g/mol. The monoisotopic (exact) mass is 528 g/mol. The zero-order valence-electron chi connectivity index (χ0n) is 21.2. The summed E-state index contributed by atoms with van der Waals surface area (Å²) in [6, 6.07) is 22.5. The summed E-state index contributed by atoms with van der Waals surface area (Å²) in [5.41, 5.74) is 3.71. The maximum atomic E-state index is 14.1. The molecular formula is C31H26F2N2O4. The standard InChI is InChI=1S/C31H26F2N2O4/c1-19(29-25(32)7-4-8-26(29)33)34-30(36)22-13-14-27-28(17-22)39-16-15-35(27)18-20-9-11-21(12-10-20)23-5-2-3-6-24(23)31(37)38/h2-14,17,19H,15-16,18H2,1H3,(H,34,36)(H,37,38). The Hall–Kier alpha value is -4.72. The van der Waals surface area contributed by atoms with Crippen LogP contribution in [0.1, 0.15) is 44.8 Å². The van der Waals surface area contributed by atoms with Crippen LogP contribution in [-0.2, 0) is 6.54 Å². The predicted molar refractivity (Wildman–Crippen MR) is 144 cm³/mol. The first-order valence-electron chi connectivity index (χ1n) is 12.5. The van der Waals surface area contributed by atoms with E-state index in [2.05, 4.69) is 10.2 Å². The van der Waals surface area contributed by atoms with E-state index in [0.717, 1.165) is 28.9 Å². The molecule has 4 aromatic rings. The lowest BCUT2D eigenvalue weighted by atomic mass is 9.98. The van der Waals surface area contributed by atoms with E-state index in [1.165, 1.54) is 13.0 Å². The van der Waals surface area contributed by atoms with Gasteiger partial charge in [0.1, 0.15) is 24.0 Å². The molecule has 5 rings (SSSR count). The number of fused-ring (bicyclic) bond motifs is 1. The van der Waals surface area contributed by atoms with Crippen LogP contribution in [0.25, 0.3) is 11.1 Å². The number of hydrogen-bond donors (Lipinski definition) is 2. The maximum absolute atomic E-state index is 14.1. The van der Waals surface area contributed by atoms with Crippen molar-refractivity contribution in [1.82, 2.24) is 5.32 Å². The van der Waals surface area contributed by atoms with Gasteiger partial charge in [0.05, 0.1) is 23.8 Å². The topological polar surface area (TPSA) is 78.9 Å². The van der Waals surface area contributed by atoms with E-state index < -0.39 is 29.6 Å². The van der Waals surface area contributed by atoms with Gasteiger partial charge in [-0.25, -0.2) is 13.6 Å². The second-order valence-corrected chi connectivity index (χ2v) is 9.33. The first kappa shape index (κ1) is 25.9. The van der Waals surface area contributed by atoms with E-state index in [1.807, 2.05) is 30.3 Å². The molecule has 1 atom stereocenters. The molecule has 1 heterocycles. The summed E-state index contributed by atoms with van der Waals surface area (Å²) in [5, 5.41) is 12.1. The van der Waals surface area contributed by atoms with Crippen molar-refractivity contribution >= 4 is 17.6 Å². The Morgan fingerprint density at radius 3 is 2.41 bits per heavy atom. The first-order chi connectivity index (χ1) is 18.8. The molecule has 8 heteroatoms. The number of halogens is 2. The number of ether oxygens (including phenoxy) is 1. The van der Waals surface area contributed by atoms with Crippen molar-refractivity contribution in [3.8, 4) is 16.9 Å². The Balaban J connectivity index is 1.30. The van der Waals surface area contributed by atoms with Crippen LogP contribution in [0.3, 0.4) is 0 Å². The molecule has 0 aliphatic carbocycles. The summed E-state index contributed by atoms with van der Waals surface area (Å²) in [6.45, 7) is 3.19. The van der Waals surface area contributed by atoms with Crippen LogP contribution >= 0.6 is 0 Å². The largest absolute Gasteiger partial charge is 0.490 e. The van der Waals surface area contributed by atoms with Gasteiger partial charge in [0.25, 0.3) is 5.91 Å². The van der Waals surface area contributed by atoms with Gasteiger partial charge in [-0.05, 0) is 60.0 Å². The van der Waals surface area contributed by atoms with Crippen LogP contribution < -0.4 is 15.0 Å². The number of carboxylic acid groups (broad SMARTS) is 1. The van der Waals surface area contributed by atoms with Crippen LogP contribution in [0.4, 0.5) is 14.5 Å². The van der Waals surface area contributed by atoms with Crippen molar-refractivity contribution in [2.75, 3.05) is 18.1 Å². The predicted octanol–water partition coefficient (Wildman–Crippen LogP) is 6.22. The molecule has 0 spiro atoms. The number of rotatable bonds is 7. The van der Waals surface area contributed by atoms with Crippen molar-refractivity contribution < 1.29 is 28.2 Å². The van der Waals surface area contributed by atoms with Gasteiger partial charge < -0.3 is 20.1 Å². The summed E-state index contributed by atoms with van der Waals surface area (Å²) in [5.74, 6) is -2.32. The Labute approximate surface area is 224 Å². The number of carboxylic acids is 1. The number of carbonyl (C=O) groups is 2. The van der Waals surface area contributed by atoms with Crippen LogP contribution in [0.2, 0.25) is 0 Å². The average Bonchev–Trinajstić information content (AvgIpc) is 2.93.